The molecule has 0 N–H and O–H groups in total. The molecule has 76 valence electrons. The first-order valence-corrected chi connectivity index (χ1v) is 6.33. The molecule has 2 rings (SSSR count). The third-order valence-electron chi connectivity index (χ3n) is 4.04. The molecule has 0 nitrogen and oxygen atoms in total. The van der Waals surface area contributed by atoms with Gasteiger partial charge in [-0.2, -0.15) is 0 Å². The van der Waals surface area contributed by atoms with Crippen molar-refractivity contribution in [2.24, 2.45) is 17.3 Å². The first-order valence-electron chi connectivity index (χ1n) is 5.80. The van der Waals surface area contributed by atoms with Gasteiger partial charge in [0, 0.05) is 5.88 Å². The molecule has 0 aromatic heterocycles. The molecule has 2 fully saturated rings. The number of halogens is 1. The van der Waals surface area contributed by atoms with E-state index in [-0.39, 0.29) is 0 Å². The Labute approximate surface area is 87.0 Å². The second kappa shape index (κ2) is 3.81. The van der Waals surface area contributed by atoms with E-state index in [1.807, 2.05) is 0 Å². The van der Waals surface area contributed by atoms with Crippen LogP contribution in [0, 0.1) is 17.3 Å². The van der Waals surface area contributed by atoms with Crippen molar-refractivity contribution in [1.82, 2.24) is 0 Å². The molecular weight excluding hydrogens is 180 g/mol. The summed E-state index contributed by atoms with van der Waals surface area (Å²) in [6.07, 6.45) is 10.1. The first-order chi connectivity index (χ1) is 6.24. The van der Waals surface area contributed by atoms with Crippen molar-refractivity contribution in [3.8, 4) is 0 Å². The largest absolute Gasteiger partial charge is 0.126 e. The van der Waals surface area contributed by atoms with Crippen LogP contribution in [-0.2, 0) is 0 Å². The summed E-state index contributed by atoms with van der Waals surface area (Å²) in [4.78, 5) is 0. The maximum atomic E-state index is 6.10. The van der Waals surface area contributed by atoms with Crippen LogP contribution in [0.4, 0.5) is 0 Å². The number of rotatable bonds is 3. The van der Waals surface area contributed by atoms with Crippen LogP contribution >= 0.6 is 11.6 Å². The molecule has 0 aliphatic heterocycles. The minimum Gasteiger partial charge on any atom is -0.126 e. The highest BCUT2D eigenvalue weighted by Crippen LogP contribution is 2.52. The summed E-state index contributed by atoms with van der Waals surface area (Å²) in [5, 5.41) is 0. The third-order valence-corrected chi connectivity index (χ3v) is 4.61. The number of alkyl halides is 1. The molecule has 2 aliphatic carbocycles. The molecule has 0 amide bonds. The molecule has 2 saturated carbocycles. The molecule has 0 unspecified atom stereocenters. The van der Waals surface area contributed by atoms with Gasteiger partial charge in [-0.3, -0.25) is 0 Å². The van der Waals surface area contributed by atoms with Crippen LogP contribution in [0.5, 0.6) is 0 Å². The molecule has 0 radical (unpaired) electrons. The Bertz CT molecular complexity index is 164. The standard InChI is InChI=1S/C12H21Cl/c1-10-6-12(7-10,9-13)8-11-4-2-3-5-11/h10-11H,2-9H2,1H3. The molecule has 2 aliphatic rings. The van der Waals surface area contributed by atoms with Crippen molar-refractivity contribution in [2.45, 2.75) is 51.9 Å². The lowest BCUT2D eigenvalue weighted by atomic mass is 9.60. The SMILES string of the molecule is CC1CC(CCl)(CC2CCCC2)C1. The fourth-order valence-electron chi connectivity index (χ4n) is 3.58. The van der Waals surface area contributed by atoms with Crippen LogP contribution in [0.1, 0.15) is 51.9 Å². The first kappa shape index (κ1) is 9.83. The van der Waals surface area contributed by atoms with Gasteiger partial charge in [0.05, 0.1) is 0 Å². The summed E-state index contributed by atoms with van der Waals surface area (Å²) in [5.41, 5.74) is 0.565. The summed E-state index contributed by atoms with van der Waals surface area (Å²) in [7, 11) is 0. The summed E-state index contributed by atoms with van der Waals surface area (Å²) in [6, 6.07) is 0. The van der Waals surface area contributed by atoms with Gasteiger partial charge in [0.15, 0.2) is 0 Å². The Morgan fingerprint density at radius 2 is 1.85 bits per heavy atom. The Morgan fingerprint density at radius 1 is 1.23 bits per heavy atom. The minimum absolute atomic E-state index is 0.565. The van der Waals surface area contributed by atoms with Crippen molar-refractivity contribution >= 4 is 11.6 Å². The molecule has 0 bridgehead atoms. The van der Waals surface area contributed by atoms with Gasteiger partial charge < -0.3 is 0 Å². The number of hydrogen-bond acceptors (Lipinski definition) is 0. The monoisotopic (exact) mass is 200 g/mol. The van der Waals surface area contributed by atoms with Gasteiger partial charge in [-0.15, -0.1) is 11.6 Å². The van der Waals surface area contributed by atoms with Crippen LogP contribution in [0.2, 0.25) is 0 Å². The maximum absolute atomic E-state index is 6.10. The van der Waals surface area contributed by atoms with E-state index < -0.39 is 0 Å². The summed E-state index contributed by atoms with van der Waals surface area (Å²) < 4.78 is 0. The summed E-state index contributed by atoms with van der Waals surface area (Å²) in [6.45, 7) is 2.36. The fraction of sp³-hybridized carbons (Fsp3) is 1.00. The van der Waals surface area contributed by atoms with Gasteiger partial charge >= 0.3 is 0 Å². The molecule has 1 heteroatoms. The van der Waals surface area contributed by atoms with Crippen LogP contribution < -0.4 is 0 Å². The van der Waals surface area contributed by atoms with Crippen molar-refractivity contribution in [3.63, 3.8) is 0 Å². The van der Waals surface area contributed by atoms with E-state index in [2.05, 4.69) is 6.92 Å². The van der Waals surface area contributed by atoms with Gasteiger partial charge in [-0.1, -0.05) is 32.6 Å². The van der Waals surface area contributed by atoms with E-state index in [1.165, 1.54) is 44.9 Å². The van der Waals surface area contributed by atoms with E-state index in [0.717, 1.165) is 17.7 Å². The topological polar surface area (TPSA) is 0 Å². The lowest BCUT2D eigenvalue weighted by molar-refractivity contribution is 0.0619. The molecule has 0 heterocycles. The van der Waals surface area contributed by atoms with Gasteiger partial charge in [0.2, 0.25) is 0 Å². The lowest BCUT2D eigenvalue weighted by Crippen LogP contribution is -2.38. The van der Waals surface area contributed by atoms with Crippen LogP contribution in [0.25, 0.3) is 0 Å². The average molecular weight is 201 g/mol. The van der Waals surface area contributed by atoms with Crippen LogP contribution in [0.3, 0.4) is 0 Å². The lowest BCUT2D eigenvalue weighted by Gasteiger charge is -2.47. The van der Waals surface area contributed by atoms with E-state index in [9.17, 15) is 0 Å². The predicted octanol–water partition coefficient (Wildman–Crippen LogP) is 4.22. The Balaban J connectivity index is 1.84. The highest BCUT2D eigenvalue weighted by Gasteiger charge is 2.42. The second-order valence-corrected chi connectivity index (χ2v) is 5.77. The maximum Gasteiger partial charge on any atom is 0.0280 e. The van der Waals surface area contributed by atoms with E-state index in [0.29, 0.717) is 5.41 Å². The number of hydrogen-bond donors (Lipinski definition) is 0. The Kier molecular flexibility index (Phi) is 2.88. The van der Waals surface area contributed by atoms with Crippen molar-refractivity contribution in [3.05, 3.63) is 0 Å². The van der Waals surface area contributed by atoms with E-state index in [1.54, 1.807) is 0 Å². The molecule has 0 aromatic rings. The van der Waals surface area contributed by atoms with Gasteiger partial charge in [-0.05, 0) is 36.5 Å². The average Bonchev–Trinajstić information content (AvgIpc) is 2.53. The van der Waals surface area contributed by atoms with Gasteiger partial charge in [0.25, 0.3) is 0 Å². The second-order valence-electron chi connectivity index (χ2n) is 5.50. The fourth-order valence-corrected chi connectivity index (χ4v) is 3.90. The third kappa shape index (κ3) is 2.03. The van der Waals surface area contributed by atoms with Gasteiger partial charge in [0.1, 0.15) is 0 Å². The summed E-state index contributed by atoms with van der Waals surface area (Å²) >= 11 is 6.10. The minimum atomic E-state index is 0.565. The van der Waals surface area contributed by atoms with E-state index in [4.69, 9.17) is 11.6 Å². The Hall–Kier alpha value is 0.290. The molecular formula is C12H21Cl. The molecule has 0 aromatic carbocycles. The Morgan fingerprint density at radius 3 is 2.31 bits per heavy atom. The van der Waals surface area contributed by atoms with Crippen LogP contribution in [-0.4, -0.2) is 5.88 Å². The highest BCUT2D eigenvalue weighted by molar-refractivity contribution is 6.18. The van der Waals surface area contributed by atoms with Crippen molar-refractivity contribution in [2.75, 3.05) is 5.88 Å². The van der Waals surface area contributed by atoms with Crippen molar-refractivity contribution in [1.29, 1.82) is 0 Å². The van der Waals surface area contributed by atoms with E-state index >= 15 is 0 Å². The summed E-state index contributed by atoms with van der Waals surface area (Å²) in [5.74, 6) is 2.87. The smallest absolute Gasteiger partial charge is 0.0280 e. The van der Waals surface area contributed by atoms with Gasteiger partial charge in [-0.25, -0.2) is 0 Å². The molecule has 0 spiro atoms. The molecule has 13 heavy (non-hydrogen) atoms. The zero-order valence-corrected chi connectivity index (χ0v) is 9.45. The normalized spacial score (nSPS) is 40.6. The zero-order chi connectivity index (χ0) is 9.31. The van der Waals surface area contributed by atoms with Crippen LogP contribution in [0.15, 0.2) is 0 Å². The quantitative estimate of drug-likeness (QED) is 0.599. The highest BCUT2D eigenvalue weighted by atomic mass is 35.5. The molecule has 0 atom stereocenters. The molecule has 0 saturated heterocycles. The van der Waals surface area contributed by atoms with Crippen molar-refractivity contribution < 1.29 is 0 Å². The predicted molar refractivity (Wildman–Crippen MR) is 58.1 cm³/mol. The zero-order valence-electron chi connectivity index (χ0n) is 8.69.